The second-order valence-corrected chi connectivity index (χ2v) is 7.72. The molecule has 0 bridgehead atoms. The van der Waals surface area contributed by atoms with Crippen molar-refractivity contribution in [3.8, 4) is 5.75 Å². The fourth-order valence-electron chi connectivity index (χ4n) is 3.72. The van der Waals surface area contributed by atoms with Crippen LogP contribution >= 0.6 is 0 Å². The van der Waals surface area contributed by atoms with E-state index in [-0.39, 0.29) is 11.7 Å². The molecule has 1 fully saturated rings. The lowest BCUT2D eigenvalue weighted by molar-refractivity contribution is -0.138. The van der Waals surface area contributed by atoms with Crippen LogP contribution in [-0.2, 0) is 4.79 Å². The van der Waals surface area contributed by atoms with E-state index in [1.807, 2.05) is 17.0 Å². The van der Waals surface area contributed by atoms with E-state index in [1.165, 1.54) is 23.3 Å². The van der Waals surface area contributed by atoms with Gasteiger partial charge >= 0.3 is 0 Å². The van der Waals surface area contributed by atoms with Crippen molar-refractivity contribution >= 4 is 11.6 Å². The molecule has 0 radical (unpaired) electrons. The minimum Gasteiger partial charge on any atom is -0.481 e. The maximum Gasteiger partial charge on any atom is 0.263 e. The summed E-state index contributed by atoms with van der Waals surface area (Å²) < 4.78 is 19.0. The van der Waals surface area contributed by atoms with E-state index >= 15 is 0 Å². The second-order valence-electron chi connectivity index (χ2n) is 7.72. The molecular formula is C23H29FN2O2. The van der Waals surface area contributed by atoms with Gasteiger partial charge in [0.05, 0.1) is 0 Å². The Morgan fingerprint density at radius 3 is 2.21 bits per heavy atom. The predicted molar refractivity (Wildman–Crippen MR) is 111 cm³/mol. The Kier molecular flexibility index (Phi) is 6.22. The van der Waals surface area contributed by atoms with Crippen LogP contribution < -0.4 is 9.64 Å². The first-order valence-electron chi connectivity index (χ1n) is 9.91. The van der Waals surface area contributed by atoms with Crippen molar-refractivity contribution in [2.24, 2.45) is 0 Å². The van der Waals surface area contributed by atoms with E-state index in [0.29, 0.717) is 19.0 Å². The molecule has 2 aromatic rings. The molecule has 28 heavy (non-hydrogen) atoms. The highest BCUT2D eigenvalue weighted by Crippen LogP contribution is 2.24. The molecule has 1 atom stereocenters. The lowest BCUT2D eigenvalue weighted by Crippen LogP contribution is -2.52. The summed E-state index contributed by atoms with van der Waals surface area (Å²) in [5, 5.41) is 0. The standard InChI is InChI=1S/C23H29FN2O2/c1-16(2)22-10-9-21(15-17(22)3)28-18(4)23(27)26-13-11-25(12-14-26)20-7-5-19(24)6-8-20/h5-10,15-16,18H,11-14H2,1-4H3. The number of anilines is 1. The fourth-order valence-corrected chi connectivity index (χ4v) is 3.72. The normalized spacial score (nSPS) is 15.6. The Morgan fingerprint density at radius 2 is 1.64 bits per heavy atom. The molecule has 0 aliphatic carbocycles. The summed E-state index contributed by atoms with van der Waals surface area (Å²) in [7, 11) is 0. The molecule has 3 rings (SSSR count). The van der Waals surface area contributed by atoms with Gasteiger partial charge in [-0.1, -0.05) is 19.9 Å². The van der Waals surface area contributed by atoms with Crippen molar-refractivity contribution in [3.63, 3.8) is 0 Å². The van der Waals surface area contributed by atoms with Gasteiger partial charge in [-0.05, 0) is 67.3 Å². The van der Waals surface area contributed by atoms with Crippen LogP contribution in [0.4, 0.5) is 10.1 Å². The summed E-state index contributed by atoms with van der Waals surface area (Å²) in [6, 6.07) is 12.5. The molecule has 1 unspecified atom stereocenters. The van der Waals surface area contributed by atoms with Crippen molar-refractivity contribution in [3.05, 3.63) is 59.4 Å². The second kappa shape index (κ2) is 8.63. The highest BCUT2D eigenvalue weighted by Gasteiger charge is 2.26. The molecule has 2 aromatic carbocycles. The highest BCUT2D eigenvalue weighted by atomic mass is 19.1. The van der Waals surface area contributed by atoms with Crippen LogP contribution in [0.1, 0.15) is 37.8 Å². The third-order valence-corrected chi connectivity index (χ3v) is 5.31. The zero-order valence-corrected chi connectivity index (χ0v) is 17.1. The minimum atomic E-state index is -0.526. The van der Waals surface area contributed by atoms with Crippen LogP contribution in [-0.4, -0.2) is 43.1 Å². The number of ether oxygens (including phenoxy) is 1. The van der Waals surface area contributed by atoms with Gasteiger partial charge in [0.15, 0.2) is 6.10 Å². The molecule has 5 heteroatoms. The number of piperazine rings is 1. The van der Waals surface area contributed by atoms with Gasteiger partial charge < -0.3 is 14.5 Å². The lowest BCUT2D eigenvalue weighted by Gasteiger charge is -2.37. The molecule has 150 valence electrons. The first kappa shape index (κ1) is 20.2. The topological polar surface area (TPSA) is 32.8 Å². The monoisotopic (exact) mass is 384 g/mol. The van der Waals surface area contributed by atoms with Crippen LogP contribution in [0, 0.1) is 12.7 Å². The fraction of sp³-hybridized carbons (Fsp3) is 0.435. The molecule has 0 aromatic heterocycles. The SMILES string of the molecule is Cc1cc(OC(C)C(=O)N2CCN(c3ccc(F)cc3)CC2)ccc1C(C)C. The Morgan fingerprint density at radius 1 is 1.00 bits per heavy atom. The largest absolute Gasteiger partial charge is 0.481 e. The van der Waals surface area contributed by atoms with Gasteiger partial charge in [-0.25, -0.2) is 4.39 Å². The summed E-state index contributed by atoms with van der Waals surface area (Å²) in [4.78, 5) is 16.8. The van der Waals surface area contributed by atoms with E-state index < -0.39 is 6.10 Å². The van der Waals surface area contributed by atoms with Crippen LogP contribution in [0.2, 0.25) is 0 Å². The first-order valence-corrected chi connectivity index (χ1v) is 9.91. The number of carbonyl (C=O) groups excluding carboxylic acids is 1. The number of rotatable bonds is 5. The van der Waals surface area contributed by atoms with E-state index in [0.717, 1.165) is 24.5 Å². The molecule has 1 aliphatic rings. The Bertz CT molecular complexity index is 812. The van der Waals surface area contributed by atoms with E-state index in [9.17, 15) is 9.18 Å². The van der Waals surface area contributed by atoms with Gasteiger partial charge in [-0.2, -0.15) is 0 Å². The van der Waals surface area contributed by atoms with Crippen molar-refractivity contribution < 1.29 is 13.9 Å². The quantitative estimate of drug-likeness (QED) is 0.767. The van der Waals surface area contributed by atoms with Crippen molar-refractivity contribution in [2.75, 3.05) is 31.1 Å². The summed E-state index contributed by atoms with van der Waals surface area (Å²) in [5.74, 6) is 0.961. The number of amides is 1. The van der Waals surface area contributed by atoms with Gasteiger partial charge in [-0.3, -0.25) is 4.79 Å². The summed E-state index contributed by atoms with van der Waals surface area (Å²) in [6.45, 7) is 10.9. The lowest BCUT2D eigenvalue weighted by atomic mass is 9.98. The van der Waals surface area contributed by atoms with Gasteiger partial charge in [0.2, 0.25) is 0 Å². The number of hydrogen-bond acceptors (Lipinski definition) is 3. The van der Waals surface area contributed by atoms with Gasteiger partial charge in [0, 0.05) is 31.9 Å². The highest BCUT2D eigenvalue weighted by molar-refractivity contribution is 5.81. The van der Waals surface area contributed by atoms with Crippen molar-refractivity contribution in [1.29, 1.82) is 0 Å². The van der Waals surface area contributed by atoms with E-state index in [1.54, 1.807) is 19.1 Å². The molecule has 1 heterocycles. The number of benzene rings is 2. The molecular weight excluding hydrogens is 355 g/mol. The first-order chi connectivity index (χ1) is 13.3. The summed E-state index contributed by atoms with van der Waals surface area (Å²) in [6.07, 6.45) is -0.526. The zero-order valence-electron chi connectivity index (χ0n) is 17.1. The predicted octanol–water partition coefficient (Wildman–Crippen LogP) is 4.37. The smallest absolute Gasteiger partial charge is 0.263 e. The van der Waals surface area contributed by atoms with Crippen LogP contribution in [0.15, 0.2) is 42.5 Å². The molecule has 0 spiro atoms. The molecule has 0 saturated carbocycles. The summed E-state index contributed by atoms with van der Waals surface area (Å²) >= 11 is 0. The molecule has 4 nitrogen and oxygen atoms in total. The average molecular weight is 384 g/mol. The summed E-state index contributed by atoms with van der Waals surface area (Å²) in [5.41, 5.74) is 3.46. The Balaban J connectivity index is 1.56. The zero-order chi connectivity index (χ0) is 20.3. The number of nitrogens with zero attached hydrogens (tertiary/aromatic N) is 2. The average Bonchev–Trinajstić information content (AvgIpc) is 2.68. The molecule has 0 N–H and O–H groups in total. The third kappa shape index (κ3) is 4.64. The van der Waals surface area contributed by atoms with Crippen LogP contribution in [0.5, 0.6) is 5.75 Å². The van der Waals surface area contributed by atoms with Gasteiger partial charge in [0.1, 0.15) is 11.6 Å². The maximum absolute atomic E-state index is 13.1. The third-order valence-electron chi connectivity index (χ3n) is 5.31. The minimum absolute atomic E-state index is 0.00402. The Hall–Kier alpha value is -2.56. The number of aryl methyl sites for hydroxylation is 1. The maximum atomic E-state index is 13.1. The van der Waals surface area contributed by atoms with Gasteiger partial charge in [0.25, 0.3) is 5.91 Å². The molecule has 1 amide bonds. The van der Waals surface area contributed by atoms with E-state index in [2.05, 4.69) is 31.7 Å². The molecule has 1 saturated heterocycles. The number of hydrogen-bond donors (Lipinski definition) is 0. The van der Waals surface area contributed by atoms with Crippen molar-refractivity contribution in [2.45, 2.75) is 39.7 Å². The van der Waals surface area contributed by atoms with E-state index in [4.69, 9.17) is 4.74 Å². The molecule has 1 aliphatic heterocycles. The van der Waals surface area contributed by atoms with Crippen LogP contribution in [0.3, 0.4) is 0 Å². The number of halogens is 1. The number of carbonyl (C=O) groups is 1. The van der Waals surface area contributed by atoms with Crippen LogP contribution in [0.25, 0.3) is 0 Å². The Labute approximate surface area is 166 Å². The van der Waals surface area contributed by atoms with Gasteiger partial charge in [-0.15, -0.1) is 0 Å². The van der Waals surface area contributed by atoms with Crippen molar-refractivity contribution in [1.82, 2.24) is 4.90 Å².